The van der Waals surface area contributed by atoms with Gasteiger partial charge in [-0.2, -0.15) is 119 Å². The van der Waals surface area contributed by atoms with Crippen molar-refractivity contribution in [1.29, 1.82) is 0 Å². The quantitative estimate of drug-likeness (QED) is 0.107. The average molecular weight is 947 g/mol. The Kier molecular flexibility index (Phi) is 20.7. The molecule has 0 radical (unpaired) electrons. The molecule has 0 aliphatic heterocycles. The SMILES string of the molecule is CC(C)(C)c1[c-]c2c(cc1)-c1ccc(C(C)(C)C)cc1C2.Cl.Cl.FC(F)(F)c1c[c-]cc(C(F)(F)F)c1.FC(F)(F)c1c[c-]cc(C(F)(F)F)c1.[C-]1=CC=CC1.[CH2]=[Zr]. The van der Waals surface area contributed by atoms with Gasteiger partial charge in [0.2, 0.25) is 0 Å². The molecular formula is C43H40Cl2F12Zr-4. The van der Waals surface area contributed by atoms with Crippen LogP contribution in [0.15, 0.2) is 85.0 Å². The van der Waals surface area contributed by atoms with Crippen LogP contribution in [0.3, 0.4) is 0 Å². The molecule has 6 rings (SSSR count). The molecule has 0 amide bonds. The molecule has 0 heterocycles. The zero-order valence-electron chi connectivity index (χ0n) is 32.1. The Balaban J connectivity index is 0.000000781. The molecule has 0 saturated carbocycles. The van der Waals surface area contributed by atoms with Crippen LogP contribution in [0.2, 0.25) is 0 Å². The first-order chi connectivity index (χ1) is 25.6. The van der Waals surface area contributed by atoms with Crippen molar-refractivity contribution in [3.63, 3.8) is 0 Å². The van der Waals surface area contributed by atoms with Crippen LogP contribution in [-0.2, 0) is 66.2 Å². The third kappa shape index (κ3) is 16.8. The van der Waals surface area contributed by atoms with Crippen LogP contribution < -0.4 is 0 Å². The summed E-state index contributed by atoms with van der Waals surface area (Å²) < 4.78 is 147. The number of hydrogen-bond acceptors (Lipinski definition) is 0. The molecule has 15 heteroatoms. The molecule has 0 saturated heterocycles. The Labute approximate surface area is 359 Å². The first kappa shape index (κ1) is 54.9. The third-order valence-electron chi connectivity index (χ3n) is 7.94. The molecule has 0 atom stereocenters. The molecule has 0 fully saturated rings. The Morgan fingerprint density at radius 3 is 1.26 bits per heavy atom. The molecule has 0 nitrogen and oxygen atoms in total. The van der Waals surface area contributed by atoms with Crippen molar-refractivity contribution >= 4 is 29.0 Å². The number of halogens is 14. The van der Waals surface area contributed by atoms with Gasteiger partial charge in [-0.1, -0.05) is 87.6 Å². The summed E-state index contributed by atoms with van der Waals surface area (Å²) in [5.74, 6) is 0. The van der Waals surface area contributed by atoms with Gasteiger partial charge >= 0.3 is 53.2 Å². The molecule has 0 bridgehead atoms. The second-order valence-corrected chi connectivity index (χ2v) is 14.3. The molecule has 2 aliphatic carbocycles. The van der Waals surface area contributed by atoms with E-state index in [-0.39, 0.29) is 47.8 Å². The normalized spacial score (nSPS) is 12.9. The third-order valence-corrected chi connectivity index (χ3v) is 7.94. The second kappa shape index (κ2) is 21.9. The van der Waals surface area contributed by atoms with Crippen molar-refractivity contribution in [3.8, 4) is 11.1 Å². The Morgan fingerprint density at radius 2 is 0.948 bits per heavy atom. The van der Waals surface area contributed by atoms with Gasteiger partial charge in [0.15, 0.2) is 0 Å². The molecule has 0 N–H and O–H groups in total. The Bertz CT molecular complexity index is 1760. The fourth-order valence-corrected chi connectivity index (χ4v) is 4.97. The van der Waals surface area contributed by atoms with Crippen molar-refractivity contribution < 1.29 is 76.9 Å². The van der Waals surface area contributed by atoms with E-state index in [1.165, 1.54) is 57.6 Å². The van der Waals surface area contributed by atoms with Gasteiger partial charge in [-0.15, -0.1) is 54.5 Å². The van der Waals surface area contributed by atoms with Gasteiger partial charge in [-0.3, -0.25) is 6.08 Å². The summed E-state index contributed by atoms with van der Waals surface area (Å²) in [6.07, 6.45) is -8.09. The van der Waals surface area contributed by atoms with Crippen molar-refractivity contribution in [2.24, 2.45) is 0 Å². The van der Waals surface area contributed by atoms with E-state index >= 15 is 0 Å². The Morgan fingerprint density at radius 1 is 0.534 bits per heavy atom. The predicted molar refractivity (Wildman–Crippen MR) is 205 cm³/mol. The molecule has 318 valence electrons. The van der Waals surface area contributed by atoms with Crippen molar-refractivity contribution in [2.45, 2.75) is 89.9 Å². The summed E-state index contributed by atoms with van der Waals surface area (Å²) in [6, 6.07) is 20.7. The molecule has 2 aliphatic rings. The number of hydrogen-bond donors (Lipinski definition) is 0. The topological polar surface area (TPSA) is 0 Å². The summed E-state index contributed by atoms with van der Waals surface area (Å²) in [7, 11) is 0. The fraction of sp³-hybridized carbons (Fsp3) is 0.326. The maximum atomic E-state index is 12.0. The maximum absolute atomic E-state index is 12.0. The number of benzene rings is 4. The molecular weight excluding hydrogens is 907 g/mol. The average Bonchev–Trinajstić information content (AvgIpc) is 3.79. The predicted octanol–water partition coefficient (Wildman–Crippen LogP) is 14.8. The number of rotatable bonds is 0. The van der Waals surface area contributed by atoms with E-state index in [1.807, 2.05) is 12.2 Å². The molecule has 58 heavy (non-hydrogen) atoms. The Hall–Kier alpha value is -3.15. The van der Waals surface area contributed by atoms with E-state index in [0.717, 1.165) is 12.8 Å². The van der Waals surface area contributed by atoms with Gasteiger partial charge in [0.1, 0.15) is 0 Å². The van der Waals surface area contributed by atoms with Crippen molar-refractivity contribution in [1.82, 2.24) is 0 Å². The molecule has 0 spiro atoms. The van der Waals surface area contributed by atoms with Gasteiger partial charge < -0.3 is 0 Å². The van der Waals surface area contributed by atoms with E-state index in [9.17, 15) is 52.7 Å². The minimum absolute atomic E-state index is 0. The van der Waals surface area contributed by atoms with Crippen LogP contribution in [0.25, 0.3) is 11.1 Å². The molecule has 0 unspecified atom stereocenters. The van der Waals surface area contributed by atoms with E-state index in [4.69, 9.17) is 0 Å². The monoisotopic (exact) mass is 944 g/mol. The zero-order chi connectivity index (χ0) is 42.9. The number of allylic oxidation sites excluding steroid dienone is 4. The summed E-state index contributed by atoms with van der Waals surface area (Å²) in [5.41, 5.74) is 3.29. The zero-order valence-corrected chi connectivity index (χ0v) is 36.1. The summed E-state index contributed by atoms with van der Waals surface area (Å²) >= 11 is 1.30. The number of fused-ring (bicyclic) bond motifs is 3. The van der Waals surface area contributed by atoms with E-state index < -0.39 is 47.0 Å². The van der Waals surface area contributed by atoms with Crippen LogP contribution in [0.4, 0.5) is 52.7 Å². The first-order valence-electron chi connectivity index (χ1n) is 16.7. The molecule has 0 aromatic heterocycles. The second-order valence-electron chi connectivity index (χ2n) is 14.3. The molecule has 4 aromatic rings. The summed E-state index contributed by atoms with van der Waals surface area (Å²) in [6.45, 7) is 13.6. The van der Waals surface area contributed by atoms with Gasteiger partial charge in [0.05, 0.1) is 0 Å². The van der Waals surface area contributed by atoms with Crippen LogP contribution in [-0.4, -0.2) is 4.21 Å². The van der Waals surface area contributed by atoms with E-state index in [1.54, 1.807) is 12.1 Å². The van der Waals surface area contributed by atoms with E-state index in [0.29, 0.717) is 24.3 Å². The fourth-order valence-electron chi connectivity index (χ4n) is 4.97. The van der Waals surface area contributed by atoms with Gasteiger partial charge in [-0.05, 0) is 28.4 Å². The summed E-state index contributed by atoms with van der Waals surface area (Å²) in [5, 5.41) is 0. The van der Waals surface area contributed by atoms with Crippen LogP contribution in [0, 0.1) is 24.3 Å². The number of alkyl halides is 12. The van der Waals surface area contributed by atoms with Crippen molar-refractivity contribution in [2.75, 3.05) is 0 Å². The standard InChI is InChI=1S/C21H25.2C8H3F6.C5H5.CH2.2ClH.Zr/c1-20(2,3)16-7-9-18-14(12-16)11-15-13-17(21(4,5)6)8-10-19(15)18;2*9-7(10,11)5-2-1-3-6(4-5)8(12,13)14;1-2-4-5-3-1;;;;/h7-10,12H,11H2,1-6H3;2*2-4H;1-3H,4H2;1H2;2*1H;/q4*-1;;;;. The van der Waals surface area contributed by atoms with E-state index in [2.05, 4.69) is 94.3 Å². The van der Waals surface area contributed by atoms with Gasteiger partial charge in [-0.25, -0.2) is 12.2 Å². The van der Waals surface area contributed by atoms with Crippen LogP contribution in [0.1, 0.15) is 92.5 Å². The van der Waals surface area contributed by atoms with Crippen molar-refractivity contribution in [3.05, 3.63) is 154 Å². The van der Waals surface area contributed by atoms with Crippen LogP contribution >= 0.6 is 24.8 Å². The summed E-state index contributed by atoms with van der Waals surface area (Å²) in [4.78, 5) is 0. The van der Waals surface area contributed by atoms with Gasteiger partial charge in [0.25, 0.3) is 0 Å². The molecule has 4 aromatic carbocycles. The minimum atomic E-state index is -4.78. The first-order valence-corrected chi connectivity index (χ1v) is 18.4. The van der Waals surface area contributed by atoms with Crippen LogP contribution in [0.5, 0.6) is 0 Å². The van der Waals surface area contributed by atoms with Gasteiger partial charge in [0, 0.05) is 0 Å².